The van der Waals surface area contributed by atoms with E-state index in [1.807, 2.05) is 13.8 Å². The van der Waals surface area contributed by atoms with Crippen molar-refractivity contribution in [3.8, 4) is 0 Å². The van der Waals surface area contributed by atoms with Crippen molar-refractivity contribution in [2.24, 2.45) is 0 Å². The highest BCUT2D eigenvalue weighted by atomic mass is 16.7. The highest BCUT2D eigenvalue weighted by molar-refractivity contribution is 5.73. The van der Waals surface area contributed by atoms with Gasteiger partial charge in [0.2, 0.25) is 11.8 Å². The number of ether oxygens (including phenoxy) is 2. The molecule has 0 aromatic carbocycles. The number of amides is 2. The summed E-state index contributed by atoms with van der Waals surface area (Å²) in [6.45, 7) is 9.10. The van der Waals surface area contributed by atoms with Gasteiger partial charge in [-0.15, -0.1) is 0 Å². The van der Waals surface area contributed by atoms with Crippen LogP contribution in [0.1, 0.15) is 40.5 Å². The van der Waals surface area contributed by atoms with E-state index in [9.17, 15) is 14.4 Å². The maximum atomic E-state index is 11.4. The molecule has 22 heavy (non-hydrogen) atoms. The second kappa shape index (κ2) is 11.8. The standard InChI is InChI=1S/C15H28N2O5/c1-5-7-16(13(3)18)9-11-21-15(20)22-12-10-17(8-6-2)14(4)19/h5-12H2,1-4H3. The fourth-order valence-electron chi connectivity index (χ4n) is 1.91. The molecule has 0 saturated heterocycles. The molecule has 2 amide bonds. The predicted molar refractivity (Wildman–Crippen MR) is 82.4 cm³/mol. The van der Waals surface area contributed by atoms with Gasteiger partial charge in [-0.1, -0.05) is 13.8 Å². The minimum absolute atomic E-state index is 0.0458. The van der Waals surface area contributed by atoms with E-state index < -0.39 is 6.16 Å². The van der Waals surface area contributed by atoms with Crippen molar-refractivity contribution in [3.63, 3.8) is 0 Å². The summed E-state index contributed by atoms with van der Waals surface area (Å²) in [5, 5.41) is 0. The maximum absolute atomic E-state index is 11.4. The number of rotatable bonds is 10. The molecule has 0 aliphatic carbocycles. The molecule has 0 radical (unpaired) electrons. The van der Waals surface area contributed by atoms with Crippen molar-refractivity contribution >= 4 is 18.0 Å². The van der Waals surface area contributed by atoms with Crippen LogP contribution in [0.15, 0.2) is 0 Å². The molecule has 0 aliphatic heterocycles. The van der Waals surface area contributed by atoms with E-state index in [0.717, 1.165) is 12.8 Å². The van der Waals surface area contributed by atoms with Gasteiger partial charge in [0.1, 0.15) is 13.2 Å². The summed E-state index contributed by atoms with van der Waals surface area (Å²) in [4.78, 5) is 37.2. The molecule has 0 saturated carbocycles. The van der Waals surface area contributed by atoms with Gasteiger partial charge in [0, 0.05) is 26.9 Å². The Morgan fingerprint density at radius 3 is 1.36 bits per heavy atom. The van der Waals surface area contributed by atoms with Crippen molar-refractivity contribution in [1.29, 1.82) is 0 Å². The van der Waals surface area contributed by atoms with E-state index in [4.69, 9.17) is 9.47 Å². The average molecular weight is 316 g/mol. The van der Waals surface area contributed by atoms with Crippen LogP contribution >= 0.6 is 0 Å². The molecule has 0 heterocycles. The molecule has 0 aromatic heterocycles. The Morgan fingerprint density at radius 2 is 1.09 bits per heavy atom. The first-order chi connectivity index (χ1) is 10.4. The van der Waals surface area contributed by atoms with Gasteiger partial charge in [-0.2, -0.15) is 0 Å². The van der Waals surface area contributed by atoms with Gasteiger partial charge in [0.15, 0.2) is 0 Å². The number of hydrogen-bond acceptors (Lipinski definition) is 5. The Balaban J connectivity index is 3.90. The molecule has 0 spiro atoms. The SMILES string of the molecule is CCCN(CCOC(=O)OCCN(CCC)C(C)=O)C(C)=O. The minimum atomic E-state index is -0.778. The largest absolute Gasteiger partial charge is 0.508 e. The van der Waals surface area contributed by atoms with Gasteiger partial charge in [-0.3, -0.25) is 9.59 Å². The van der Waals surface area contributed by atoms with Crippen LogP contribution in [0.4, 0.5) is 4.79 Å². The van der Waals surface area contributed by atoms with E-state index in [1.165, 1.54) is 13.8 Å². The third-order valence-electron chi connectivity index (χ3n) is 3.04. The summed E-state index contributed by atoms with van der Waals surface area (Å²) >= 11 is 0. The normalized spacial score (nSPS) is 10.0. The Bertz CT molecular complexity index is 328. The maximum Gasteiger partial charge on any atom is 0.508 e. The fourth-order valence-corrected chi connectivity index (χ4v) is 1.91. The van der Waals surface area contributed by atoms with Gasteiger partial charge >= 0.3 is 6.16 Å². The summed E-state index contributed by atoms with van der Waals surface area (Å²) in [6, 6.07) is 0. The molecule has 0 N–H and O–H groups in total. The van der Waals surface area contributed by atoms with Crippen molar-refractivity contribution in [1.82, 2.24) is 9.80 Å². The molecule has 0 rings (SSSR count). The zero-order valence-electron chi connectivity index (χ0n) is 14.1. The zero-order chi connectivity index (χ0) is 17.0. The Hall–Kier alpha value is -1.79. The van der Waals surface area contributed by atoms with E-state index in [0.29, 0.717) is 26.2 Å². The molecule has 0 aliphatic rings. The zero-order valence-corrected chi connectivity index (χ0v) is 14.1. The second-order valence-electron chi connectivity index (χ2n) is 4.96. The van der Waals surface area contributed by atoms with E-state index in [2.05, 4.69) is 0 Å². The van der Waals surface area contributed by atoms with Crippen LogP contribution in [0.25, 0.3) is 0 Å². The van der Waals surface area contributed by atoms with Crippen molar-refractivity contribution < 1.29 is 23.9 Å². The summed E-state index contributed by atoms with van der Waals surface area (Å²) in [5.41, 5.74) is 0. The van der Waals surface area contributed by atoms with Crippen LogP contribution in [0.5, 0.6) is 0 Å². The van der Waals surface area contributed by atoms with Crippen molar-refractivity contribution in [2.75, 3.05) is 39.4 Å². The summed E-state index contributed by atoms with van der Waals surface area (Å²) in [7, 11) is 0. The Kier molecular flexibility index (Phi) is 10.9. The number of nitrogens with zero attached hydrogens (tertiary/aromatic N) is 2. The third-order valence-corrected chi connectivity index (χ3v) is 3.04. The second-order valence-corrected chi connectivity index (χ2v) is 4.96. The molecule has 0 bridgehead atoms. The van der Waals surface area contributed by atoms with Gasteiger partial charge in [-0.25, -0.2) is 4.79 Å². The molecule has 128 valence electrons. The number of carbonyl (C=O) groups is 3. The van der Waals surface area contributed by atoms with Crippen LogP contribution in [0, 0.1) is 0 Å². The van der Waals surface area contributed by atoms with Gasteiger partial charge in [0.05, 0.1) is 13.1 Å². The van der Waals surface area contributed by atoms with Crippen LogP contribution < -0.4 is 0 Å². The smallest absolute Gasteiger partial charge is 0.432 e. The number of carbonyl (C=O) groups excluding carboxylic acids is 3. The minimum Gasteiger partial charge on any atom is -0.432 e. The Morgan fingerprint density at radius 1 is 0.727 bits per heavy atom. The summed E-state index contributed by atoms with van der Waals surface area (Å²) in [6.07, 6.45) is 0.921. The topological polar surface area (TPSA) is 76.2 Å². The summed E-state index contributed by atoms with van der Waals surface area (Å²) < 4.78 is 9.83. The lowest BCUT2D eigenvalue weighted by atomic mass is 10.4. The van der Waals surface area contributed by atoms with Crippen LogP contribution in [0.2, 0.25) is 0 Å². The molecular formula is C15H28N2O5. The van der Waals surface area contributed by atoms with Crippen LogP contribution in [-0.2, 0) is 19.1 Å². The first kappa shape index (κ1) is 20.2. The Labute approximate surface area is 132 Å². The van der Waals surface area contributed by atoms with Crippen LogP contribution in [-0.4, -0.2) is 67.2 Å². The van der Waals surface area contributed by atoms with Gasteiger partial charge < -0.3 is 19.3 Å². The van der Waals surface area contributed by atoms with E-state index in [-0.39, 0.29) is 25.0 Å². The van der Waals surface area contributed by atoms with Crippen LogP contribution in [0.3, 0.4) is 0 Å². The highest BCUT2D eigenvalue weighted by Gasteiger charge is 2.11. The lowest BCUT2D eigenvalue weighted by Crippen LogP contribution is -2.34. The average Bonchev–Trinajstić information content (AvgIpc) is 2.45. The first-order valence-electron chi connectivity index (χ1n) is 7.72. The first-order valence-corrected chi connectivity index (χ1v) is 7.72. The molecule has 7 nitrogen and oxygen atoms in total. The molecule has 0 fully saturated rings. The van der Waals surface area contributed by atoms with E-state index in [1.54, 1.807) is 9.80 Å². The van der Waals surface area contributed by atoms with Crippen molar-refractivity contribution in [2.45, 2.75) is 40.5 Å². The fraction of sp³-hybridized carbons (Fsp3) is 0.800. The monoisotopic (exact) mass is 316 g/mol. The molecule has 0 aromatic rings. The van der Waals surface area contributed by atoms with E-state index >= 15 is 0 Å². The lowest BCUT2D eigenvalue weighted by molar-refractivity contribution is -0.129. The quantitative estimate of drug-likeness (QED) is 0.573. The predicted octanol–water partition coefficient (Wildman–Crippen LogP) is 1.66. The molecule has 0 unspecified atom stereocenters. The highest BCUT2D eigenvalue weighted by Crippen LogP contribution is 1.96. The molecule has 0 atom stereocenters. The lowest BCUT2D eigenvalue weighted by Gasteiger charge is -2.21. The third kappa shape index (κ3) is 9.20. The number of hydrogen-bond donors (Lipinski definition) is 0. The van der Waals surface area contributed by atoms with Gasteiger partial charge in [-0.05, 0) is 12.8 Å². The van der Waals surface area contributed by atoms with Crippen molar-refractivity contribution in [3.05, 3.63) is 0 Å². The molecular weight excluding hydrogens is 288 g/mol. The summed E-state index contributed by atoms with van der Waals surface area (Å²) in [5.74, 6) is -0.0917. The molecule has 7 heteroatoms. The van der Waals surface area contributed by atoms with Gasteiger partial charge in [0.25, 0.3) is 0 Å².